The molecule has 7 nitrogen and oxygen atoms in total. The van der Waals surface area contributed by atoms with E-state index in [1.165, 1.54) is 25.3 Å². The molecule has 0 heterocycles. The number of amides is 1. The second-order valence-electron chi connectivity index (χ2n) is 5.99. The SMILES string of the molecule is COc1cc([N+](=O)[O-])ccc1NC(=O)COc1ccc(-c2ccccc2)cc1Br. The summed E-state index contributed by atoms with van der Waals surface area (Å²) in [4.78, 5) is 22.5. The Balaban J connectivity index is 1.64. The Labute approximate surface area is 175 Å². The monoisotopic (exact) mass is 456 g/mol. The number of hydrogen-bond acceptors (Lipinski definition) is 5. The maximum atomic E-state index is 12.2. The van der Waals surface area contributed by atoms with Crippen molar-refractivity contribution in [1.82, 2.24) is 0 Å². The summed E-state index contributed by atoms with van der Waals surface area (Å²) in [5.74, 6) is 0.299. The first-order valence-corrected chi connectivity index (χ1v) is 9.37. The second-order valence-corrected chi connectivity index (χ2v) is 6.84. The third-order valence-corrected chi connectivity index (χ3v) is 4.69. The molecule has 0 unspecified atom stereocenters. The molecule has 0 aromatic heterocycles. The Morgan fingerprint density at radius 2 is 1.79 bits per heavy atom. The van der Waals surface area contributed by atoms with Crippen molar-refractivity contribution in [2.75, 3.05) is 19.0 Å². The molecule has 148 valence electrons. The van der Waals surface area contributed by atoms with Crippen LogP contribution < -0.4 is 14.8 Å². The lowest BCUT2D eigenvalue weighted by atomic mass is 10.1. The van der Waals surface area contributed by atoms with Crippen molar-refractivity contribution in [1.29, 1.82) is 0 Å². The smallest absolute Gasteiger partial charge is 0.273 e. The number of ether oxygens (including phenoxy) is 2. The minimum Gasteiger partial charge on any atom is -0.494 e. The van der Waals surface area contributed by atoms with E-state index in [-0.39, 0.29) is 18.0 Å². The normalized spacial score (nSPS) is 10.3. The van der Waals surface area contributed by atoms with Gasteiger partial charge >= 0.3 is 0 Å². The summed E-state index contributed by atoms with van der Waals surface area (Å²) < 4.78 is 11.4. The summed E-state index contributed by atoms with van der Waals surface area (Å²) in [5.41, 5.74) is 2.29. The predicted molar refractivity (Wildman–Crippen MR) is 113 cm³/mol. The van der Waals surface area contributed by atoms with Gasteiger partial charge in [-0.3, -0.25) is 14.9 Å². The molecule has 0 fully saturated rings. The highest BCUT2D eigenvalue weighted by atomic mass is 79.9. The van der Waals surface area contributed by atoms with Crippen LogP contribution in [0.5, 0.6) is 11.5 Å². The Hall–Kier alpha value is -3.39. The van der Waals surface area contributed by atoms with Crippen molar-refractivity contribution in [3.8, 4) is 22.6 Å². The average Bonchev–Trinajstić information content (AvgIpc) is 2.73. The minimum absolute atomic E-state index is 0.126. The molecule has 3 rings (SSSR count). The molecule has 0 saturated carbocycles. The number of nitro groups is 1. The largest absolute Gasteiger partial charge is 0.494 e. The first-order chi connectivity index (χ1) is 14.0. The van der Waals surface area contributed by atoms with Gasteiger partial charge in [-0.15, -0.1) is 0 Å². The number of anilines is 1. The molecule has 0 aliphatic rings. The number of carbonyl (C=O) groups is 1. The van der Waals surface area contributed by atoms with Crippen molar-refractivity contribution in [2.45, 2.75) is 0 Å². The van der Waals surface area contributed by atoms with Gasteiger partial charge < -0.3 is 14.8 Å². The molecule has 1 amide bonds. The van der Waals surface area contributed by atoms with Gasteiger partial charge in [0.05, 0.1) is 28.3 Å². The number of carbonyl (C=O) groups excluding carboxylic acids is 1. The van der Waals surface area contributed by atoms with Crippen LogP contribution in [0.3, 0.4) is 0 Å². The first-order valence-electron chi connectivity index (χ1n) is 8.58. The van der Waals surface area contributed by atoms with Gasteiger partial charge in [-0.2, -0.15) is 0 Å². The molecule has 0 spiro atoms. The number of nitrogens with zero attached hydrogens (tertiary/aromatic N) is 1. The number of nitrogens with one attached hydrogen (secondary N) is 1. The van der Waals surface area contributed by atoms with E-state index in [1.54, 1.807) is 6.07 Å². The molecule has 1 N–H and O–H groups in total. The van der Waals surface area contributed by atoms with Gasteiger partial charge in [-0.1, -0.05) is 36.4 Å². The van der Waals surface area contributed by atoms with Gasteiger partial charge in [0.1, 0.15) is 11.5 Å². The molecule has 29 heavy (non-hydrogen) atoms. The Kier molecular flexibility index (Phi) is 6.46. The summed E-state index contributed by atoms with van der Waals surface area (Å²) in [6.07, 6.45) is 0. The molecule has 3 aromatic carbocycles. The van der Waals surface area contributed by atoms with E-state index in [9.17, 15) is 14.9 Å². The molecule has 0 bridgehead atoms. The maximum absolute atomic E-state index is 12.2. The fourth-order valence-electron chi connectivity index (χ4n) is 2.65. The van der Waals surface area contributed by atoms with Gasteiger partial charge in [0.15, 0.2) is 6.61 Å². The lowest BCUT2D eigenvalue weighted by Crippen LogP contribution is -2.20. The fourth-order valence-corrected chi connectivity index (χ4v) is 3.15. The van der Waals surface area contributed by atoms with Crippen LogP contribution in [0.15, 0.2) is 71.2 Å². The van der Waals surface area contributed by atoms with Crippen LogP contribution in [-0.2, 0) is 4.79 Å². The molecular weight excluding hydrogens is 440 g/mol. The van der Waals surface area contributed by atoms with E-state index in [4.69, 9.17) is 9.47 Å². The number of rotatable bonds is 7. The van der Waals surface area contributed by atoms with E-state index in [1.807, 2.05) is 42.5 Å². The quantitative estimate of drug-likeness (QED) is 0.396. The van der Waals surface area contributed by atoms with E-state index in [0.717, 1.165) is 15.6 Å². The Bertz CT molecular complexity index is 1040. The van der Waals surface area contributed by atoms with Crippen molar-refractivity contribution in [3.05, 3.63) is 81.3 Å². The summed E-state index contributed by atoms with van der Waals surface area (Å²) in [6, 6.07) is 19.5. The zero-order valence-electron chi connectivity index (χ0n) is 15.4. The minimum atomic E-state index is -0.534. The summed E-state index contributed by atoms with van der Waals surface area (Å²) >= 11 is 3.47. The van der Waals surface area contributed by atoms with Crippen LogP contribution in [0, 0.1) is 10.1 Å². The van der Waals surface area contributed by atoms with E-state index in [2.05, 4.69) is 21.2 Å². The van der Waals surface area contributed by atoms with Crippen LogP contribution >= 0.6 is 15.9 Å². The molecule has 0 aliphatic heterocycles. The first kappa shape index (κ1) is 20.3. The Morgan fingerprint density at radius 1 is 1.03 bits per heavy atom. The van der Waals surface area contributed by atoms with Crippen LogP contribution in [0.4, 0.5) is 11.4 Å². The third kappa shape index (κ3) is 5.11. The van der Waals surface area contributed by atoms with Gasteiger partial charge in [-0.25, -0.2) is 0 Å². The predicted octanol–water partition coefficient (Wildman–Crippen LogP) is 5.05. The molecule has 0 saturated heterocycles. The molecule has 3 aromatic rings. The van der Waals surface area contributed by atoms with Crippen molar-refractivity contribution >= 4 is 33.2 Å². The molecule has 8 heteroatoms. The van der Waals surface area contributed by atoms with Crippen molar-refractivity contribution in [3.63, 3.8) is 0 Å². The highest BCUT2D eigenvalue weighted by Gasteiger charge is 2.14. The van der Waals surface area contributed by atoms with Crippen molar-refractivity contribution < 1.29 is 19.2 Å². The van der Waals surface area contributed by atoms with Crippen LogP contribution in [-0.4, -0.2) is 24.5 Å². The average molecular weight is 457 g/mol. The molecule has 0 radical (unpaired) electrons. The number of nitro benzene ring substituents is 1. The summed E-state index contributed by atoms with van der Waals surface area (Å²) in [6.45, 7) is -0.233. The van der Waals surface area contributed by atoms with Gasteiger partial charge in [0.25, 0.3) is 11.6 Å². The lowest BCUT2D eigenvalue weighted by Gasteiger charge is -2.12. The maximum Gasteiger partial charge on any atom is 0.273 e. The van der Waals surface area contributed by atoms with E-state index in [0.29, 0.717) is 11.4 Å². The zero-order valence-corrected chi connectivity index (χ0v) is 17.0. The topological polar surface area (TPSA) is 90.7 Å². The third-order valence-electron chi connectivity index (χ3n) is 4.07. The standard InChI is InChI=1S/C21H17BrN2O5/c1-28-20-12-16(24(26)27)8-9-18(20)23-21(25)13-29-19-10-7-15(11-17(19)22)14-5-3-2-4-6-14/h2-12H,13H2,1H3,(H,23,25). The number of hydrogen-bond donors (Lipinski definition) is 1. The molecular formula is C21H17BrN2O5. The molecule has 0 aliphatic carbocycles. The fraction of sp³-hybridized carbons (Fsp3) is 0.0952. The van der Waals surface area contributed by atoms with Crippen LogP contribution in [0.25, 0.3) is 11.1 Å². The van der Waals surface area contributed by atoms with Gasteiger partial charge in [-0.05, 0) is 45.3 Å². The summed E-state index contributed by atoms with van der Waals surface area (Å²) in [7, 11) is 1.37. The number of methoxy groups -OCH3 is 1. The highest BCUT2D eigenvalue weighted by Crippen LogP contribution is 2.31. The van der Waals surface area contributed by atoms with E-state index >= 15 is 0 Å². The van der Waals surface area contributed by atoms with Gasteiger partial charge in [0, 0.05) is 6.07 Å². The van der Waals surface area contributed by atoms with Crippen LogP contribution in [0.1, 0.15) is 0 Å². The van der Waals surface area contributed by atoms with Gasteiger partial charge in [0.2, 0.25) is 0 Å². The van der Waals surface area contributed by atoms with Crippen molar-refractivity contribution in [2.24, 2.45) is 0 Å². The number of non-ortho nitro benzene ring substituents is 1. The van der Waals surface area contributed by atoms with E-state index < -0.39 is 10.8 Å². The molecule has 0 atom stereocenters. The zero-order chi connectivity index (χ0) is 20.8. The second kappa shape index (κ2) is 9.20. The number of halogens is 1. The summed E-state index contributed by atoms with van der Waals surface area (Å²) in [5, 5.41) is 13.5. The number of benzene rings is 3. The Morgan fingerprint density at radius 3 is 2.45 bits per heavy atom. The van der Waals surface area contributed by atoms with Crippen LogP contribution in [0.2, 0.25) is 0 Å². The lowest BCUT2D eigenvalue weighted by molar-refractivity contribution is -0.384. The highest BCUT2D eigenvalue weighted by molar-refractivity contribution is 9.10.